The van der Waals surface area contributed by atoms with Crippen LogP contribution in [0.4, 0.5) is 5.69 Å². The normalized spacial score (nSPS) is 11.4. The third-order valence-corrected chi connectivity index (χ3v) is 3.77. The van der Waals surface area contributed by atoms with Gasteiger partial charge in [-0.15, -0.1) is 0 Å². The van der Waals surface area contributed by atoms with Gasteiger partial charge in [0.2, 0.25) is 0 Å². The fourth-order valence-electron chi connectivity index (χ4n) is 2.79. The van der Waals surface area contributed by atoms with E-state index in [0.717, 1.165) is 16.5 Å². The number of hydrogen-bond donors (Lipinski definition) is 1. The summed E-state index contributed by atoms with van der Waals surface area (Å²) in [5, 5.41) is 7.15. The van der Waals surface area contributed by atoms with E-state index in [0.29, 0.717) is 0 Å². The van der Waals surface area contributed by atoms with E-state index in [1.807, 2.05) is 6.07 Å². The minimum absolute atomic E-state index is 0.874. The molecule has 0 fully saturated rings. The third kappa shape index (κ3) is 1.48. The highest BCUT2D eigenvalue weighted by Crippen LogP contribution is 2.33. The quantitative estimate of drug-likeness (QED) is 0.350. The maximum atomic E-state index is 6.35. The van der Waals surface area contributed by atoms with Crippen molar-refractivity contribution in [1.82, 2.24) is 0 Å². The first-order valence-electron chi connectivity index (χ1n) is 6.43. The van der Waals surface area contributed by atoms with Crippen LogP contribution in [-0.4, -0.2) is 0 Å². The summed E-state index contributed by atoms with van der Waals surface area (Å²) in [6.07, 6.45) is 0. The van der Waals surface area contributed by atoms with Crippen LogP contribution in [0.5, 0.6) is 0 Å². The van der Waals surface area contributed by atoms with E-state index in [4.69, 9.17) is 5.73 Å². The highest BCUT2D eigenvalue weighted by Gasteiger charge is 2.05. The van der Waals surface area contributed by atoms with Gasteiger partial charge in [0.05, 0.1) is 0 Å². The molecule has 0 aliphatic heterocycles. The van der Waals surface area contributed by atoms with Gasteiger partial charge in [-0.05, 0) is 39.7 Å². The minimum atomic E-state index is 0.874. The van der Waals surface area contributed by atoms with Crippen molar-refractivity contribution in [2.24, 2.45) is 0 Å². The molecule has 0 saturated heterocycles. The second-order valence-corrected chi connectivity index (χ2v) is 4.93. The van der Waals surface area contributed by atoms with E-state index in [1.54, 1.807) is 0 Å². The summed E-state index contributed by atoms with van der Waals surface area (Å²) in [5.41, 5.74) is 7.22. The molecule has 0 aromatic heterocycles. The molecule has 19 heavy (non-hydrogen) atoms. The zero-order chi connectivity index (χ0) is 12.8. The van der Waals surface area contributed by atoms with Crippen molar-refractivity contribution in [2.75, 3.05) is 5.73 Å². The first-order valence-corrected chi connectivity index (χ1v) is 6.43. The summed E-state index contributed by atoms with van der Waals surface area (Å²) in [6.45, 7) is 0. The molecule has 0 aliphatic carbocycles. The molecule has 4 rings (SSSR count). The molecule has 0 amide bonds. The first kappa shape index (κ1) is 10.4. The van der Waals surface area contributed by atoms with Crippen molar-refractivity contribution in [2.45, 2.75) is 0 Å². The highest BCUT2D eigenvalue weighted by molar-refractivity contribution is 6.13. The van der Waals surface area contributed by atoms with E-state index in [2.05, 4.69) is 60.7 Å². The molecule has 0 saturated carbocycles. The van der Waals surface area contributed by atoms with E-state index >= 15 is 0 Å². The molecule has 4 aromatic rings. The van der Waals surface area contributed by atoms with Crippen molar-refractivity contribution in [1.29, 1.82) is 0 Å². The van der Waals surface area contributed by atoms with Gasteiger partial charge in [0.25, 0.3) is 0 Å². The summed E-state index contributed by atoms with van der Waals surface area (Å²) < 4.78 is 0. The molecule has 1 heteroatoms. The molecule has 0 aliphatic rings. The van der Waals surface area contributed by atoms with Crippen molar-refractivity contribution < 1.29 is 0 Å². The van der Waals surface area contributed by atoms with E-state index in [9.17, 15) is 0 Å². The lowest BCUT2D eigenvalue weighted by molar-refractivity contribution is 1.76. The van der Waals surface area contributed by atoms with Gasteiger partial charge >= 0.3 is 0 Å². The van der Waals surface area contributed by atoms with E-state index in [-0.39, 0.29) is 0 Å². The zero-order valence-electron chi connectivity index (χ0n) is 10.4. The lowest BCUT2D eigenvalue weighted by Gasteiger charge is -2.09. The Balaban J connectivity index is 2.25. The number of rotatable bonds is 0. The Morgan fingerprint density at radius 3 is 1.89 bits per heavy atom. The number of anilines is 1. The summed E-state index contributed by atoms with van der Waals surface area (Å²) >= 11 is 0. The maximum Gasteiger partial charge on any atom is 0.0473 e. The third-order valence-electron chi connectivity index (χ3n) is 3.77. The van der Waals surface area contributed by atoms with Crippen LogP contribution in [0.25, 0.3) is 32.3 Å². The van der Waals surface area contributed by atoms with Gasteiger partial charge in [-0.25, -0.2) is 0 Å². The molecule has 0 radical (unpaired) electrons. The average molecular weight is 243 g/mol. The first-order chi connectivity index (χ1) is 9.33. The van der Waals surface area contributed by atoms with E-state index < -0.39 is 0 Å². The van der Waals surface area contributed by atoms with Crippen LogP contribution >= 0.6 is 0 Å². The molecule has 90 valence electrons. The number of fused-ring (bicyclic) bond motifs is 3. The predicted molar refractivity (Wildman–Crippen MR) is 83.4 cm³/mol. The molecule has 1 nitrogen and oxygen atoms in total. The molecule has 2 N–H and O–H groups in total. The lowest BCUT2D eigenvalue weighted by atomic mass is 9.98. The van der Waals surface area contributed by atoms with Crippen molar-refractivity contribution >= 4 is 38.0 Å². The smallest absolute Gasteiger partial charge is 0.0473 e. The van der Waals surface area contributed by atoms with Gasteiger partial charge in [0, 0.05) is 16.5 Å². The number of nitrogens with two attached hydrogens (primary N) is 1. The Morgan fingerprint density at radius 2 is 1.11 bits per heavy atom. The number of hydrogen-bond acceptors (Lipinski definition) is 1. The number of nitrogen functional groups attached to an aromatic ring is 1. The zero-order valence-corrected chi connectivity index (χ0v) is 10.4. The molecule has 0 unspecified atom stereocenters. The van der Waals surface area contributed by atoms with Gasteiger partial charge in [-0.3, -0.25) is 0 Å². The molecule has 4 aromatic carbocycles. The van der Waals surface area contributed by atoms with Crippen LogP contribution in [0.15, 0.2) is 66.7 Å². The number of benzene rings is 4. The summed E-state index contributed by atoms with van der Waals surface area (Å²) in [6, 6.07) is 23.3. The predicted octanol–water partition coefficient (Wildman–Crippen LogP) is 4.73. The van der Waals surface area contributed by atoms with Gasteiger partial charge in [-0.1, -0.05) is 48.5 Å². The van der Waals surface area contributed by atoms with E-state index in [1.165, 1.54) is 21.5 Å². The minimum Gasteiger partial charge on any atom is -0.398 e. The molecular formula is C18H13N. The van der Waals surface area contributed by atoms with Crippen LogP contribution < -0.4 is 5.73 Å². The van der Waals surface area contributed by atoms with Crippen LogP contribution in [0.1, 0.15) is 0 Å². The second kappa shape index (κ2) is 3.72. The van der Waals surface area contributed by atoms with Gasteiger partial charge in [-0.2, -0.15) is 0 Å². The largest absolute Gasteiger partial charge is 0.398 e. The lowest BCUT2D eigenvalue weighted by Crippen LogP contribution is -1.89. The van der Waals surface area contributed by atoms with Crippen molar-refractivity contribution in [3.05, 3.63) is 66.7 Å². The highest BCUT2D eigenvalue weighted by atomic mass is 14.6. The standard InChI is InChI=1S/C18H13N/c19-18-16-8-4-3-7-14(16)10-15-9-12-5-1-2-6-13(12)11-17(15)18/h1-11H,19H2. The summed E-state index contributed by atoms with van der Waals surface area (Å²) in [5.74, 6) is 0. The average Bonchev–Trinajstić information content (AvgIpc) is 2.46. The summed E-state index contributed by atoms with van der Waals surface area (Å²) in [4.78, 5) is 0. The molecule has 0 spiro atoms. The maximum absolute atomic E-state index is 6.35. The van der Waals surface area contributed by atoms with Gasteiger partial charge in [0.1, 0.15) is 0 Å². The Bertz CT molecular complexity index is 917. The monoisotopic (exact) mass is 243 g/mol. The fraction of sp³-hybridized carbons (Fsp3) is 0. The molecule has 0 heterocycles. The van der Waals surface area contributed by atoms with Crippen LogP contribution in [0.3, 0.4) is 0 Å². The molecular weight excluding hydrogens is 230 g/mol. The van der Waals surface area contributed by atoms with Gasteiger partial charge < -0.3 is 5.73 Å². The summed E-state index contributed by atoms with van der Waals surface area (Å²) in [7, 11) is 0. The second-order valence-electron chi connectivity index (χ2n) is 4.93. The van der Waals surface area contributed by atoms with Crippen molar-refractivity contribution in [3.8, 4) is 0 Å². The van der Waals surface area contributed by atoms with Crippen LogP contribution in [0, 0.1) is 0 Å². The molecule has 0 atom stereocenters. The Labute approximate surface area is 111 Å². The molecule has 0 bridgehead atoms. The van der Waals surface area contributed by atoms with Gasteiger partial charge in [0.15, 0.2) is 0 Å². The Morgan fingerprint density at radius 1 is 0.526 bits per heavy atom. The fourth-order valence-corrected chi connectivity index (χ4v) is 2.79. The Kier molecular flexibility index (Phi) is 2.04. The SMILES string of the molecule is Nc1c2ccccc2cc2cc3ccccc3cc12. The topological polar surface area (TPSA) is 26.0 Å². The van der Waals surface area contributed by atoms with Crippen LogP contribution in [-0.2, 0) is 0 Å². The van der Waals surface area contributed by atoms with Crippen molar-refractivity contribution in [3.63, 3.8) is 0 Å². The van der Waals surface area contributed by atoms with Crippen LogP contribution in [0.2, 0.25) is 0 Å². The Hall–Kier alpha value is -2.54.